The minimum atomic E-state index is -3.56. The van der Waals surface area contributed by atoms with Crippen LogP contribution in [-0.4, -0.2) is 45.0 Å². The van der Waals surface area contributed by atoms with E-state index in [1.807, 2.05) is 13.8 Å². The average Bonchev–Trinajstić information content (AvgIpc) is 2.68. The van der Waals surface area contributed by atoms with Crippen molar-refractivity contribution in [3.05, 3.63) is 58.6 Å². The molecule has 8 heteroatoms. The number of nitrogens with one attached hydrogen (secondary N) is 1. The summed E-state index contributed by atoms with van der Waals surface area (Å²) in [5.41, 5.74) is 1.88. The molecule has 0 unspecified atom stereocenters. The van der Waals surface area contributed by atoms with Crippen LogP contribution in [0.1, 0.15) is 24.0 Å². The van der Waals surface area contributed by atoms with Gasteiger partial charge in [-0.15, -0.1) is 0 Å². The summed E-state index contributed by atoms with van der Waals surface area (Å²) in [6, 6.07) is 11.8. The summed E-state index contributed by atoms with van der Waals surface area (Å²) in [6.45, 7) is 4.71. The van der Waals surface area contributed by atoms with Gasteiger partial charge >= 0.3 is 0 Å². The van der Waals surface area contributed by atoms with Crippen molar-refractivity contribution in [1.29, 1.82) is 0 Å². The number of amides is 1. The van der Waals surface area contributed by atoms with Crippen molar-refractivity contribution < 1.29 is 17.9 Å². The lowest BCUT2D eigenvalue weighted by Gasteiger charge is -2.32. The molecule has 0 radical (unpaired) electrons. The molecule has 0 saturated carbocycles. The molecule has 1 amide bonds. The second kappa shape index (κ2) is 9.15. The molecule has 2 aromatic rings. The van der Waals surface area contributed by atoms with Gasteiger partial charge in [0, 0.05) is 24.2 Å². The predicted octanol–water partition coefficient (Wildman–Crippen LogP) is 3.31. The topological polar surface area (TPSA) is 75.7 Å². The Hall–Kier alpha value is -2.09. The van der Waals surface area contributed by atoms with Gasteiger partial charge in [0.2, 0.25) is 10.0 Å². The Morgan fingerprint density at radius 3 is 2.41 bits per heavy atom. The number of aryl methyl sites for hydroxylation is 2. The largest absolute Gasteiger partial charge is 0.483 e. The lowest BCUT2D eigenvalue weighted by Crippen LogP contribution is -2.47. The Morgan fingerprint density at radius 2 is 1.79 bits per heavy atom. The molecule has 0 bridgehead atoms. The van der Waals surface area contributed by atoms with E-state index in [4.69, 9.17) is 16.3 Å². The second-order valence-corrected chi connectivity index (χ2v) is 9.44. The summed E-state index contributed by atoms with van der Waals surface area (Å²) in [5, 5.41) is 0.622. The van der Waals surface area contributed by atoms with Gasteiger partial charge in [0.1, 0.15) is 5.75 Å². The molecule has 1 fully saturated rings. The molecule has 1 saturated heterocycles. The van der Waals surface area contributed by atoms with Crippen molar-refractivity contribution in [3.63, 3.8) is 0 Å². The van der Waals surface area contributed by atoms with E-state index in [0.717, 1.165) is 11.1 Å². The number of carbonyl (C=O) groups excluding carboxylic acids is 1. The molecule has 1 aliphatic rings. The Morgan fingerprint density at radius 1 is 1.14 bits per heavy atom. The van der Waals surface area contributed by atoms with Crippen LogP contribution in [0.2, 0.25) is 5.02 Å². The normalized spacial score (nSPS) is 15.3. The quantitative estimate of drug-likeness (QED) is 0.753. The average molecular weight is 437 g/mol. The second-order valence-electron chi connectivity index (χ2n) is 7.29. The third-order valence-electron chi connectivity index (χ3n) is 4.99. The van der Waals surface area contributed by atoms with Gasteiger partial charge in [0.15, 0.2) is 6.61 Å². The van der Waals surface area contributed by atoms with Gasteiger partial charge in [-0.1, -0.05) is 29.3 Å². The molecule has 1 aliphatic heterocycles. The van der Waals surface area contributed by atoms with Crippen molar-refractivity contribution >= 4 is 27.5 Å². The maximum atomic E-state index is 12.5. The summed E-state index contributed by atoms with van der Waals surface area (Å²) < 4.78 is 33.4. The number of rotatable bonds is 6. The first-order chi connectivity index (χ1) is 13.7. The van der Waals surface area contributed by atoms with Crippen LogP contribution in [0.4, 0.5) is 0 Å². The van der Waals surface area contributed by atoms with Crippen LogP contribution < -0.4 is 9.46 Å². The highest BCUT2D eigenvalue weighted by molar-refractivity contribution is 7.89. The van der Waals surface area contributed by atoms with Crippen molar-refractivity contribution in [2.75, 3.05) is 19.7 Å². The highest BCUT2D eigenvalue weighted by Gasteiger charge is 2.27. The molecular formula is C21H25ClN2O4S. The lowest BCUT2D eigenvalue weighted by atomic mass is 10.1. The molecule has 0 aromatic heterocycles. The van der Waals surface area contributed by atoms with Gasteiger partial charge in [0.25, 0.3) is 5.91 Å². The third kappa shape index (κ3) is 5.72. The number of ether oxygens (including phenoxy) is 1. The summed E-state index contributed by atoms with van der Waals surface area (Å²) in [7, 11) is -3.56. The fourth-order valence-electron chi connectivity index (χ4n) is 3.26. The highest BCUT2D eigenvalue weighted by atomic mass is 35.5. The number of sulfonamides is 1. The monoisotopic (exact) mass is 436 g/mol. The molecular weight excluding hydrogens is 412 g/mol. The smallest absolute Gasteiger partial charge is 0.260 e. The van der Waals surface area contributed by atoms with Crippen LogP contribution in [0, 0.1) is 13.8 Å². The van der Waals surface area contributed by atoms with E-state index in [1.54, 1.807) is 47.4 Å². The zero-order valence-corrected chi connectivity index (χ0v) is 18.1. The number of hydrogen-bond acceptors (Lipinski definition) is 4. The first-order valence-electron chi connectivity index (χ1n) is 9.50. The molecule has 3 rings (SSSR count). The Balaban J connectivity index is 1.49. The van der Waals surface area contributed by atoms with Gasteiger partial charge in [-0.25, -0.2) is 13.1 Å². The Labute approximate surface area is 176 Å². The van der Waals surface area contributed by atoms with E-state index in [-0.39, 0.29) is 23.5 Å². The van der Waals surface area contributed by atoms with Crippen molar-refractivity contribution in [3.8, 4) is 5.75 Å². The molecule has 1 N–H and O–H groups in total. The minimum absolute atomic E-state index is 0.0533. The Kier molecular flexibility index (Phi) is 6.82. The van der Waals surface area contributed by atoms with Gasteiger partial charge < -0.3 is 9.64 Å². The van der Waals surface area contributed by atoms with Crippen LogP contribution in [0.15, 0.2) is 47.4 Å². The Bertz CT molecular complexity index is 969. The summed E-state index contributed by atoms with van der Waals surface area (Å²) in [5.74, 6) is 0.516. The molecule has 29 heavy (non-hydrogen) atoms. The molecule has 1 heterocycles. The number of likely N-dealkylation sites (tertiary alicyclic amines) is 1. The van der Waals surface area contributed by atoms with Crippen LogP contribution in [0.5, 0.6) is 5.75 Å². The highest BCUT2D eigenvalue weighted by Crippen LogP contribution is 2.22. The van der Waals surface area contributed by atoms with Gasteiger partial charge in [-0.2, -0.15) is 0 Å². The van der Waals surface area contributed by atoms with E-state index >= 15 is 0 Å². The maximum absolute atomic E-state index is 12.5. The van der Waals surface area contributed by atoms with Gasteiger partial charge in [0.05, 0.1) is 4.90 Å². The van der Waals surface area contributed by atoms with E-state index in [0.29, 0.717) is 36.7 Å². The predicted molar refractivity (Wildman–Crippen MR) is 113 cm³/mol. The van der Waals surface area contributed by atoms with Crippen LogP contribution >= 0.6 is 11.6 Å². The van der Waals surface area contributed by atoms with E-state index in [9.17, 15) is 13.2 Å². The maximum Gasteiger partial charge on any atom is 0.260 e. The SMILES string of the molecule is Cc1ccc(S(=O)(=O)NC2CCN(C(=O)COc3ccc(Cl)cc3C)CC2)cc1. The zero-order chi connectivity index (χ0) is 21.0. The number of halogens is 1. The molecule has 0 aliphatic carbocycles. The van der Waals surface area contributed by atoms with Crippen molar-refractivity contribution in [1.82, 2.24) is 9.62 Å². The minimum Gasteiger partial charge on any atom is -0.483 e. The summed E-state index contributed by atoms with van der Waals surface area (Å²) in [6.07, 6.45) is 1.13. The van der Waals surface area contributed by atoms with E-state index in [1.165, 1.54) is 0 Å². The number of benzene rings is 2. The zero-order valence-electron chi connectivity index (χ0n) is 16.5. The molecule has 6 nitrogen and oxygen atoms in total. The van der Waals surface area contributed by atoms with E-state index < -0.39 is 10.0 Å². The number of carbonyl (C=O) groups is 1. The fourth-order valence-corrected chi connectivity index (χ4v) is 4.79. The van der Waals surface area contributed by atoms with Crippen LogP contribution in [0.25, 0.3) is 0 Å². The number of hydrogen-bond donors (Lipinski definition) is 1. The summed E-state index contributed by atoms with van der Waals surface area (Å²) in [4.78, 5) is 14.4. The lowest BCUT2D eigenvalue weighted by molar-refractivity contribution is -0.134. The molecule has 0 atom stereocenters. The molecule has 2 aromatic carbocycles. The van der Waals surface area contributed by atoms with Gasteiger partial charge in [-0.3, -0.25) is 4.79 Å². The molecule has 0 spiro atoms. The standard InChI is InChI=1S/C21H25ClN2O4S/c1-15-3-6-19(7-4-15)29(26,27)23-18-9-11-24(12-10-18)21(25)14-28-20-8-5-17(22)13-16(20)2/h3-8,13,18,23H,9-12,14H2,1-2H3. The van der Waals surface area contributed by atoms with E-state index in [2.05, 4.69) is 4.72 Å². The van der Waals surface area contributed by atoms with Crippen molar-refractivity contribution in [2.24, 2.45) is 0 Å². The number of piperidine rings is 1. The van der Waals surface area contributed by atoms with Gasteiger partial charge in [-0.05, 0) is 62.6 Å². The third-order valence-corrected chi connectivity index (χ3v) is 6.76. The van der Waals surface area contributed by atoms with Crippen molar-refractivity contribution in [2.45, 2.75) is 37.6 Å². The fraction of sp³-hybridized carbons (Fsp3) is 0.381. The first kappa shape index (κ1) is 21.6. The van der Waals surface area contributed by atoms with Crippen LogP contribution in [-0.2, 0) is 14.8 Å². The molecule has 156 valence electrons. The number of nitrogens with zero attached hydrogens (tertiary/aromatic N) is 1. The summed E-state index contributed by atoms with van der Waals surface area (Å²) >= 11 is 5.93. The first-order valence-corrected chi connectivity index (χ1v) is 11.4. The van der Waals surface area contributed by atoms with Crippen LogP contribution in [0.3, 0.4) is 0 Å².